The smallest absolute Gasteiger partial charge is 0.260 e. The van der Waals surface area contributed by atoms with Gasteiger partial charge in [-0.25, -0.2) is 9.97 Å². The van der Waals surface area contributed by atoms with E-state index in [1.807, 2.05) is 42.8 Å². The van der Waals surface area contributed by atoms with Gasteiger partial charge in [0.15, 0.2) is 5.82 Å². The topological polar surface area (TPSA) is 92.1 Å². The Bertz CT molecular complexity index is 1240. The first-order valence-corrected chi connectivity index (χ1v) is 12.1. The zero-order valence-electron chi connectivity index (χ0n) is 20.5. The Labute approximate surface area is 200 Å². The van der Waals surface area contributed by atoms with Crippen molar-refractivity contribution in [2.75, 3.05) is 23.4 Å². The number of hydrogen-bond acceptors (Lipinski definition) is 7. The molecule has 0 radical (unpaired) electrons. The molecule has 0 spiro atoms. The van der Waals surface area contributed by atoms with Crippen molar-refractivity contribution < 1.29 is 4.79 Å². The van der Waals surface area contributed by atoms with E-state index in [-0.39, 0.29) is 11.9 Å². The number of rotatable bonds is 6. The molecule has 1 N–H and O–H groups in total. The van der Waals surface area contributed by atoms with Crippen molar-refractivity contribution in [3.05, 3.63) is 46.9 Å². The minimum absolute atomic E-state index is 0.0322. The number of aryl methyl sites for hydroxylation is 1. The van der Waals surface area contributed by atoms with E-state index in [0.29, 0.717) is 29.9 Å². The van der Waals surface area contributed by atoms with Gasteiger partial charge in [-0.15, -0.1) is 10.2 Å². The van der Waals surface area contributed by atoms with Crippen molar-refractivity contribution in [1.29, 1.82) is 0 Å². The average molecular weight is 461 g/mol. The van der Waals surface area contributed by atoms with Gasteiger partial charge in [0.2, 0.25) is 0 Å². The number of nitrogens with zero attached hydrogens (tertiary/aromatic N) is 7. The standard InChI is InChI=1S/C25H32N8O/c1-6-31-17(4)29-30-24(31)20-10-7-11-21(27-20)33-14-19-18(25(33)34)13-22(28-23(19)16(3)26-5)32-12-8-9-15(32)2/h7,10-11,13,15-16,26H,6,8-9,12,14H2,1-5H3/t15-,16+/m1/s1. The van der Waals surface area contributed by atoms with Crippen LogP contribution in [0.1, 0.15) is 67.1 Å². The van der Waals surface area contributed by atoms with Crippen LogP contribution in [-0.4, -0.2) is 50.3 Å². The van der Waals surface area contributed by atoms with E-state index in [2.05, 4.69) is 41.2 Å². The normalized spacial score (nSPS) is 18.6. The van der Waals surface area contributed by atoms with E-state index in [1.54, 1.807) is 4.90 Å². The molecule has 0 aromatic carbocycles. The highest BCUT2D eigenvalue weighted by Gasteiger charge is 2.35. The van der Waals surface area contributed by atoms with Crippen LogP contribution in [0.5, 0.6) is 0 Å². The van der Waals surface area contributed by atoms with E-state index < -0.39 is 0 Å². The van der Waals surface area contributed by atoms with Crippen molar-refractivity contribution in [3.63, 3.8) is 0 Å². The molecule has 9 heteroatoms. The maximum Gasteiger partial charge on any atom is 0.260 e. The van der Waals surface area contributed by atoms with Gasteiger partial charge < -0.3 is 14.8 Å². The summed E-state index contributed by atoms with van der Waals surface area (Å²) in [5.41, 5.74) is 3.34. The Hall–Kier alpha value is -3.33. The Morgan fingerprint density at radius 3 is 2.74 bits per heavy atom. The number of amides is 1. The van der Waals surface area contributed by atoms with Crippen LogP contribution in [0.4, 0.5) is 11.6 Å². The van der Waals surface area contributed by atoms with Crippen molar-refractivity contribution in [2.24, 2.45) is 0 Å². The van der Waals surface area contributed by atoms with Gasteiger partial charge in [-0.1, -0.05) is 6.07 Å². The molecule has 0 bridgehead atoms. The summed E-state index contributed by atoms with van der Waals surface area (Å²) in [5, 5.41) is 11.8. The first-order valence-electron chi connectivity index (χ1n) is 12.1. The maximum absolute atomic E-state index is 13.7. The minimum atomic E-state index is -0.0344. The molecule has 2 atom stereocenters. The maximum atomic E-state index is 13.7. The van der Waals surface area contributed by atoms with Crippen LogP contribution in [0.15, 0.2) is 24.3 Å². The van der Waals surface area contributed by atoms with Gasteiger partial charge in [0, 0.05) is 30.7 Å². The first-order chi connectivity index (χ1) is 16.4. The zero-order valence-corrected chi connectivity index (χ0v) is 20.5. The van der Waals surface area contributed by atoms with E-state index in [0.717, 1.165) is 54.4 Å². The van der Waals surface area contributed by atoms with Gasteiger partial charge in [0.25, 0.3) is 5.91 Å². The van der Waals surface area contributed by atoms with E-state index in [4.69, 9.17) is 9.97 Å². The number of fused-ring (bicyclic) bond motifs is 1. The molecule has 3 aromatic rings. The lowest BCUT2D eigenvalue weighted by Gasteiger charge is -2.25. The van der Waals surface area contributed by atoms with Gasteiger partial charge in [-0.2, -0.15) is 0 Å². The molecule has 5 rings (SSSR count). The molecule has 178 valence electrons. The van der Waals surface area contributed by atoms with Crippen molar-refractivity contribution >= 4 is 17.5 Å². The summed E-state index contributed by atoms with van der Waals surface area (Å²) in [5.74, 6) is 3.02. The summed E-state index contributed by atoms with van der Waals surface area (Å²) in [4.78, 5) is 27.6. The van der Waals surface area contributed by atoms with E-state index >= 15 is 0 Å². The van der Waals surface area contributed by atoms with E-state index in [1.165, 1.54) is 0 Å². The number of pyridine rings is 2. The number of anilines is 2. The molecule has 34 heavy (non-hydrogen) atoms. The average Bonchev–Trinajstić information content (AvgIpc) is 3.54. The fourth-order valence-electron chi connectivity index (χ4n) is 5.06. The molecule has 2 aliphatic heterocycles. The van der Waals surface area contributed by atoms with Crippen LogP contribution in [0.2, 0.25) is 0 Å². The fraction of sp³-hybridized carbons (Fsp3) is 0.480. The van der Waals surface area contributed by atoms with Gasteiger partial charge in [-0.3, -0.25) is 9.69 Å². The highest BCUT2D eigenvalue weighted by Crippen LogP contribution is 2.35. The summed E-state index contributed by atoms with van der Waals surface area (Å²) in [6.45, 7) is 10.5. The molecule has 1 saturated heterocycles. The summed E-state index contributed by atoms with van der Waals surface area (Å²) >= 11 is 0. The Morgan fingerprint density at radius 2 is 2.03 bits per heavy atom. The van der Waals surface area contributed by atoms with Gasteiger partial charge in [-0.05, 0) is 65.8 Å². The van der Waals surface area contributed by atoms with Crippen LogP contribution < -0.4 is 15.1 Å². The molecule has 0 saturated carbocycles. The summed E-state index contributed by atoms with van der Waals surface area (Å²) in [6, 6.07) is 8.15. The molecule has 9 nitrogen and oxygen atoms in total. The number of hydrogen-bond donors (Lipinski definition) is 1. The molecule has 3 aromatic heterocycles. The van der Waals surface area contributed by atoms with Crippen LogP contribution in [0, 0.1) is 6.92 Å². The highest BCUT2D eigenvalue weighted by atomic mass is 16.2. The Morgan fingerprint density at radius 1 is 1.21 bits per heavy atom. The summed E-state index contributed by atoms with van der Waals surface area (Å²) < 4.78 is 2.02. The van der Waals surface area contributed by atoms with Crippen molar-refractivity contribution in [2.45, 2.75) is 65.7 Å². The third-order valence-electron chi connectivity index (χ3n) is 7.12. The van der Waals surface area contributed by atoms with Gasteiger partial charge in [0.05, 0.1) is 17.8 Å². The molecular formula is C25H32N8O. The second kappa shape index (κ2) is 8.79. The third kappa shape index (κ3) is 3.64. The molecule has 1 fully saturated rings. The number of carbonyl (C=O) groups is 1. The second-order valence-electron chi connectivity index (χ2n) is 9.17. The predicted octanol–water partition coefficient (Wildman–Crippen LogP) is 3.49. The lowest BCUT2D eigenvalue weighted by molar-refractivity contribution is 0.0996. The SMILES string of the molecule is CCn1c(C)nnc1-c1cccc(N2Cc3c(cc(N4CCC[C@H]4C)nc3[C@H](C)NC)C2=O)n1. The molecule has 5 heterocycles. The zero-order chi connectivity index (χ0) is 24.0. The second-order valence-corrected chi connectivity index (χ2v) is 9.17. The predicted molar refractivity (Wildman–Crippen MR) is 132 cm³/mol. The van der Waals surface area contributed by atoms with Gasteiger partial charge >= 0.3 is 0 Å². The monoisotopic (exact) mass is 460 g/mol. The first kappa shape index (κ1) is 22.5. The van der Waals surface area contributed by atoms with Crippen LogP contribution >= 0.6 is 0 Å². The largest absolute Gasteiger partial charge is 0.354 e. The van der Waals surface area contributed by atoms with Crippen LogP contribution in [-0.2, 0) is 13.1 Å². The number of aromatic nitrogens is 5. The quantitative estimate of drug-likeness (QED) is 0.602. The molecule has 0 unspecified atom stereocenters. The summed E-state index contributed by atoms with van der Waals surface area (Å²) in [6.07, 6.45) is 2.30. The fourth-order valence-corrected chi connectivity index (χ4v) is 5.06. The Kier molecular flexibility index (Phi) is 5.81. The van der Waals surface area contributed by atoms with Crippen molar-refractivity contribution in [3.8, 4) is 11.5 Å². The lowest BCUT2D eigenvalue weighted by Crippen LogP contribution is -2.28. The number of nitrogens with one attached hydrogen (secondary N) is 1. The third-order valence-corrected chi connectivity index (χ3v) is 7.12. The number of carbonyl (C=O) groups excluding carboxylic acids is 1. The Balaban J connectivity index is 1.54. The lowest BCUT2D eigenvalue weighted by atomic mass is 10.0. The van der Waals surface area contributed by atoms with Crippen LogP contribution in [0.25, 0.3) is 11.5 Å². The summed E-state index contributed by atoms with van der Waals surface area (Å²) in [7, 11) is 1.93. The van der Waals surface area contributed by atoms with E-state index in [9.17, 15) is 4.79 Å². The molecule has 2 aliphatic rings. The molecule has 1 amide bonds. The molecule has 0 aliphatic carbocycles. The molecular weight excluding hydrogens is 428 g/mol. The highest BCUT2D eigenvalue weighted by molar-refractivity contribution is 6.10. The van der Waals surface area contributed by atoms with Crippen molar-refractivity contribution in [1.82, 2.24) is 30.0 Å². The minimum Gasteiger partial charge on any atom is -0.354 e. The van der Waals surface area contributed by atoms with Crippen LogP contribution in [0.3, 0.4) is 0 Å². The van der Waals surface area contributed by atoms with Gasteiger partial charge in [0.1, 0.15) is 23.2 Å².